The first-order valence-electron chi connectivity index (χ1n) is 3.98. The highest BCUT2D eigenvalue weighted by Gasteiger charge is 2.31. The molecule has 0 bridgehead atoms. The van der Waals surface area contributed by atoms with E-state index in [1.54, 1.807) is 0 Å². The molecule has 0 aromatic carbocycles. The molecule has 0 rings (SSSR count). The van der Waals surface area contributed by atoms with Gasteiger partial charge in [-0.1, -0.05) is 20.3 Å². The Hall–Kier alpha value is -0.570. The van der Waals surface area contributed by atoms with Gasteiger partial charge >= 0.3 is 5.97 Å². The largest absolute Gasteiger partial charge is 0.468 e. The van der Waals surface area contributed by atoms with Gasteiger partial charge in [-0.25, -0.2) is 0 Å². The van der Waals surface area contributed by atoms with E-state index in [4.69, 9.17) is 5.73 Å². The number of rotatable bonds is 4. The highest BCUT2D eigenvalue weighted by Crippen LogP contribution is 2.15. The summed E-state index contributed by atoms with van der Waals surface area (Å²) in [5.74, 6) is -0.304. The summed E-state index contributed by atoms with van der Waals surface area (Å²) < 4.78 is 4.59. The molecule has 0 aliphatic carbocycles. The van der Waals surface area contributed by atoms with Crippen LogP contribution in [0.3, 0.4) is 0 Å². The van der Waals surface area contributed by atoms with Gasteiger partial charge in [0, 0.05) is 0 Å². The van der Waals surface area contributed by atoms with Crippen LogP contribution in [0.5, 0.6) is 0 Å². The van der Waals surface area contributed by atoms with E-state index in [9.17, 15) is 4.79 Å². The lowest BCUT2D eigenvalue weighted by Gasteiger charge is -2.23. The van der Waals surface area contributed by atoms with E-state index >= 15 is 0 Å². The lowest BCUT2D eigenvalue weighted by atomic mass is 9.92. The molecule has 0 amide bonds. The molecule has 0 heterocycles. The lowest BCUT2D eigenvalue weighted by molar-refractivity contribution is -0.147. The van der Waals surface area contributed by atoms with E-state index in [1.165, 1.54) is 7.11 Å². The van der Waals surface area contributed by atoms with Crippen molar-refractivity contribution in [2.45, 2.75) is 38.6 Å². The summed E-state index contributed by atoms with van der Waals surface area (Å²) in [5, 5.41) is 0. The summed E-state index contributed by atoms with van der Waals surface area (Å²) in [5.41, 5.74) is 5.03. The average Bonchev–Trinajstić information content (AvgIpc) is 2.03. The zero-order chi connectivity index (χ0) is 8.91. The van der Waals surface area contributed by atoms with Gasteiger partial charge in [-0.3, -0.25) is 4.79 Å². The Balaban J connectivity index is 4.19. The normalized spacial score (nSPS) is 15.6. The topological polar surface area (TPSA) is 52.3 Å². The fourth-order valence-corrected chi connectivity index (χ4v) is 1.07. The molecule has 0 radical (unpaired) electrons. The van der Waals surface area contributed by atoms with Crippen LogP contribution in [0, 0.1) is 0 Å². The maximum absolute atomic E-state index is 11.1. The smallest absolute Gasteiger partial charge is 0.325 e. The number of ether oxygens (including phenoxy) is 1. The van der Waals surface area contributed by atoms with Crippen molar-refractivity contribution in [3.63, 3.8) is 0 Å². The second-order valence-electron chi connectivity index (χ2n) is 2.75. The SMILES string of the molecule is CCC[C@@](N)(CC)C(=O)OC. The molecule has 0 saturated heterocycles. The quantitative estimate of drug-likeness (QED) is 0.624. The van der Waals surface area contributed by atoms with Gasteiger partial charge in [0.2, 0.25) is 0 Å². The van der Waals surface area contributed by atoms with Crippen LogP contribution in [-0.2, 0) is 9.53 Å². The van der Waals surface area contributed by atoms with Gasteiger partial charge in [0.15, 0.2) is 0 Å². The van der Waals surface area contributed by atoms with Crippen molar-refractivity contribution >= 4 is 5.97 Å². The molecular formula is C8H17NO2. The zero-order valence-corrected chi connectivity index (χ0v) is 7.52. The standard InChI is InChI=1S/C8H17NO2/c1-4-6-8(9,5-2)7(10)11-3/h4-6,9H2,1-3H3/t8-/m0/s1. The fraction of sp³-hybridized carbons (Fsp3) is 0.875. The lowest BCUT2D eigenvalue weighted by Crippen LogP contribution is -2.47. The van der Waals surface area contributed by atoms with Crippen LogP contribution in [0.2, 0.25) is 0 Å². The Bertz CT molecular complexity index is 136. The summed E-state index contributed by atoms with van der Waals surface area (Å²) in [6.45, 7) is 3.90. The first kappa shape index (κ1) is 10.4. The van der Waals surface area contributed by atoms with Crippen LogP contribution >= 0.6 is 0 Å². The summed E-state index contributed by atoms with van der Waals surface area (Å²) >= 11 is 0. The van der Waals surface area contributed by atoms with E-state index in [2.05, 4.69) is 4.74 Å². The highest BCUT2D eigenvalue weighted by atomic mass is 16.5. The maximum Gasteiger partial charge on any atom is 0.325 e. The molecule has 11 heavy (non-hydrogen) atoms. The van der Waals surface area contributed by atoms with Gasteiger partial charge in [0.25, 0.3) is 0 Å². The van der Waals surface area contributed by atoms with Crippen LogP contribution in [-0.4, -0.2) is 18.6 Å². The molecule has 1 atom stereocenters. The average molecular weight is 159 g/mol. The third-order valence-electron chi connectivity index (χ3n) is 1.92. The third-order valence-corrected chi connectivity index (χ3v) is 1.92. The predicted molar refractivity (Wildman–Crippen MR) is 44.1 cm³/mol. The minimum atomic E-state index is -0.760. The first-order valence-corrected chi connectivity index (χ1v) is 3.98. The van der Waals surface area contributed by atoms with Gasteiger partial charge in [-0.15, -0.1) is 0 Å². The molecule has 0 spiro atoms. The number of hydrogen-bond donors (Lipinski definition) is 1. The van der Waals surface area contributed by atoms with Crippen LogP contribution < -0.4 is 5.73 Å². The van der Waals surface area contributed by atoms with Crippen molar-refractivity contribution < 1.29 is 9.53 Å². The van der Waals surface area contributed by atoms with Crippen LogP contribution in [0.15, 0.2) is 0 Å². The first-order chi connectivity index (χ1) is 5.10. The molecule has 3 nitrogen and oxygen atoms in total. The molecule has 2 N–H and O–H groups in total. The van der Waals surface area contributed by atoms with Crippen molar-refractivity contribution in [2.75, 3.05) is 7.11 Å². The summed E-state index contributed by atoms with van der Waals surface area (Å²) in [6, 6.07) is 0. The van der Waals surface area contributed by atoms with Crippen LogP contribution in [0.25, 0.3) is 0 Å². The van der Waals surface area contributed by atoms with Gasteiger partial charge in [-0.05, 0) is 12.8 Å². The number of hydrogen-bond acceptors (Lipinski definition) is 3. The molecule has 0 aliphatic rings. The van der Waals surface area contributed by atoms with E-state index in [-0.39, 0.29) is 5.97 Å². The molecule has 66 valence electrons. The van der Waals surface area contributed by atoms with E-state index in [1.807, 2.05) is 13.8 Å². The van der Waals surface area contributed by atoms with Crippen LogP contribution in [0.4, 0.5) is 0 Å². The summed E-state index contributed by atoms with van der Waals surface area (Å²) in [7, 11) is 1.37. The molecule has 0 aromatic heterocycles. The third kappa shape index (κ3) is 2.50. The molecular weight excluding hydrogens is 142 g/mol. The number of nitrogens with two attached hydrogens (primary N) is 1. The van der Waals surface area contributed by atoms with Gasteiger partial charge in [-0.2, -0.15) is 0 Å². The maximum atomic E-state index is 11.1. The molecule has 0 saturated carbocycles. The number of esters is 1. The van der Waals surface area contributed by atoms with E-state index in [0.717, 1.165) is 6.42 Å². The Kier molecular flexibility index (Phi) is 4.11. The van der Waals surface area contributed by atoms with Gasteiger partial charge in [0.05, 0.1) is 7.11 Å². The Morgan fingerprint density at radius 2 is 2.09 bits per heavy atom. The number of carbonyl (C=O) groups excluding carboxylic acids is 1. The van der Waals surface area contributed by atoms with Crippen molar-refractivity contribution in [3.05, 3.63) is 0 Å². The van der Waals surface area contributed by atoms with E-state index < -0.39 is 5.54 Å². The Morgan fingerprint density at radius 3 is 2.36 bits per heavy atom. The zero-order valence-electron chi connectivity index (χ0n) is 7.52. The molecule has 0 aliphatic heterocycles. The Morgan fingerprint density at radius 1 is 1.55 bits per heavy atom. The van der Waals surface area contributed by atoms with Gasteiger partial charge < -0.3 is 10.5 Å². The van der Waals surface area contributed by atoms with E-state index in [0.29, 0.717) is 12.8 Å². The monoisotopic (exact) mass is 159 g/mol. The molecule has 0 aromatic rings. The summed E-state index contributed by atoms with van der Waals surface area (Å²) in [4.78, 5) is 11.1. The minimum absolute atomic E-state index is 0.304. The summed E-state index contributed by atoms with van der Waals surface area (Å²) in [6.07, 6.45) is 2.23. The van der Waals surface area contributed by atoms with Crippen molar-refractivity contribution in [3.8, 4) is 0 Å². The van der Waals surface area contributed by atoms with Crippen molar-refractivity contribution in [1.82, 2.24) is 0 Å². The van der Waals surface area contributed by atoms with Crippen molar-refractivity contribution in [2.24, 2.45) is 5.73 Å². The number of methoxy groups -OCH3 is 1. The molecule has 0 fully saturated rings. The molecule has 3 heteroatoms. The van der Waals surface area contributed by atoms with Crippen molar-refractivity contribution in [1.29, 1.82) is 0 Å². The second-order valence-corrected chi connectivity index (χ2v) is 2.75. The van der Waals surface area contributed by atoms with Crippen LogP contribution in [0.1, 0.15) is 33.1 Å². The minimum Gasteiger partial charge on any atom is -0.468 e. The predicted octanol–water partition coefficient (Wildman–Crippen LogP) is 1.07. The highest BCUT2D eigenvalue weighted by molar-refractivity contribution is 5.80. The van der Waals surface area contributed by atoms with Gasteiger partial charge in [0.1, 0.15) is 5.54 Å². The number of carbonyl (C=O) groups is 1. The molecule has 0 unspecified atom stereocenters. The fourth-order valence-electron chi connectivity index (χ4n) is 1.07. The second kappa shape index (κ2) is 4.34. The Labute approximate surface area is 67.9 Å².